The standard InChI is InChI=1S/C9H11BrClNO/c10-7-2-1-6(5-8(7)11)9(12)3-4-13/h1-2,5,9,13H,3-4,12H2. The SMILES string of the molecule is NC(CCO)c1ccc(Br)c(Cl)c1. The van der Waals surface area contributed by atoms with Crippen LogP contribution < -0.4 is 5.73 Å². The highest BCUT2D eigenvalue weighted by molar-refractivity contribution is 9.10. The zero-order chi connectivity index (χ0) is 9.84. The number of aliphatic hydroxyl groups excluding tert-OH is 1. The van der Waals surface area contributed by atoms with Gasteiger partial charge in [-0.3, -0.25) is 0 Å². The molecule has 0 amide bonds. The zero-order valence-corrected chi connectivity index (χ0v) is 9.35. The molecule has 13 heavy (non-hydrogen) atoms. The highest BCUT2D eigenvalue weighted by atomic mass is 79.9. The van der Waals surface area contributed by atoms with E-state index >= 15 is 0 Å². The van der Waals surface area contributed by atoms with Crippen LogP contribution in [0.2, 0.25) is 5.02 Å². The molecule has 0 heterocycles. The summed E-state index contributed by atoms with van der Waals surface area (Å²) in [5.41, 5.74) is 6.74. The van der Waals surface area contributed by atoms with Gasteiger partial charge in [0.05, 0.1) is 5.02 Å². The van der Waals surface area contributed by atoms with Crippen molar-refractivity contribution in [2.45, 2.75) is 12.5 Å². The van der Waals surface area contributed by atoms with Crippen LogP contribution >= 0.6 is 27.5 Å². The molecule has 1 aromatic rings. The molecule has 0 aliphatic heterocycles. The summed E-state index contributed by atoms with van der Waals surface area (Å²) in [6.45, 7) is 0.0921. The summed E-state index contributed by atoms with van der Waals surface area (Å²) in [6, 6.07) is 5.42. The minimum absolute atomic E-state index is 0.0921. The van der Waals surface area contributed by atoms with Crippen LogP contribution in [0.1, 0.15) is 18.0 Å². The highest BCUT2D eigenvalue weighted by Crippen LogP contribution is 2.26. The largest absolute Gasteiger partial charge is 0.396 e. The number of benzene rings is 1. The summed E-state index contributed by atoms with van der Waals surface area (Å²) in [6.07, 6.45) is 0.554. The summed E-state index contributed by atoms with van der Waals surface area (Å²) in [4.78, 5) is 0. The highest BCUT2D eigenvalue weighted by Gasteiger charge is 2.06. The second-order valence-corrected chi connectivity index (χ2v) is 4.05. The second-order valence-electron chi connectivity index (χ2n) is 2.79. The molecular weight excluding hydrogens is 253 g/mol. The van der Waals surface area contributed by atoms with Crippen LogP contribution in [0.4, 0.5) is 0 Å². The number of hydrogen-bond donors (Lipinski definition) is 2. The van der Waals surface area contributed by atoms with E-state index in [9.17, 15) is 0 Å². The monoisotopic (exact) mass is 263 g/mol. The van der Waals surface area contributed by atoms with Gasteiger partial charge >= 0.3 is 0 Å². The lowest BCUT2D eigenvalue weighted by atomic mass is 10.1. The quantitative estimate of drug-likeness (QED) is 0.881. The predicted molar refractivity (Wildman–Crippen MR) is 57.8 cm³/mol. The number of halogens is 2. The average molecular weight is 265 g/mol. The Morgan fingerprint density at radius 3 is 2.77 bits per heavy atom. The van der Waals surface area contributed by atoms with Gasteiger partial charge in [-0.25, -0.2) is 0 Å². The first-order valence-corrected chi connectivity index (χ1v) is 5.13. The first-order valence-electron chi connectivity index (χ1n) is 3.96. The lowest BCUT2D eigenvalue weighted by Crippen LogP contribution is -2.11. The molecule has 1 aromatic carbocycles. The van der Waals surface area contributed by atoms with Crippen LogP contribution in [-0.2, 0) is 0 Å². The Bertz CT molecular complexity index is 293. The molecule has 1 atom stereocenters. The van der Waals surface area contributed by atoms with Gasteiger partial charge in [-0.2, -0.15) is 0 Å². The Kier molecular flexibility index (Phi) is 4.19. The van der Waals surface area contributed by atoms with Gasteiger partial charge < -0.3 is 10.8 Å². The zero-order valence-electron chi connectivity index (χ0n) is 7.00. The van der Waals surface area contributed by atoms with Gasteiger partial charge in [0, 0.05) is 17.1 Å². The Morgan fingerprint density at radius 2 is 2.23 bits per heavy atom. The minimum Gasteiger partial charge on any atom is -0.396 e. The molecule has 0 aliphatic carbocycles. The molecule has 0 spiro atoms. The van der Waals surface area contributed by atoms with Crippen molar-refractivity contribution in [1.82, 2.24) is 0 Å². The lowest BCUT2D eigenvalue weighted by Gasteiger charge is -2.10. The first kappa shape index (κ1) is 11.0. The molecular formula is C9H11BrClNO. The van der Waals surface area contributed by atoms with Crippen molar-refractivity contribution in [2.24, 2.45) is 5.73 Å². The van der Waals surface area contributed by atoms with Gasteiger partial charge in [0.15, 0.2) is 0 Å². The van der Waals surface area contributed by atoms with Crippen LogP contribution in [0.3, 0.4) is 0 Å². The third-order valence-corrected chi connectivity index (χ3v) is 3.04. The average Bonchev–Trinajstić information content (AvgIpc) is 2.10. The van der Waals surface area contributed by atoms with E-state index in [4.69, 9.17) is 22.4 Å². The molecule has 4 heteroatoms. The van der Waals surface area contributed by atoms with Crippen LogP contribution in [-0.4, -0.2) is 11.7 Å². The van der Waals surface area contributed by atoms with E-state index in [1.807, 2.05) is 18.2 Å². The summed E-state index contributed by atoms with van der Waals surface area (Å²) >= 11 is 9.19. The lowest BCUT2D eigenvalue weighted by molar-refractivity contribution is 0.276. The molecule has 1 rings (SSSR count). The van der Waals surface area contributed by atoms with Crippen molar-refractivity contribution in [1.29, 1.82) is 0 Å². The second kappa shape index (κ2) is 4.96. The van der Waals surface area contributed by atoms with Gasteiger partial charge in [-0.05, 0) is 40.0 Å². The molecule has 0 bridgehead atoms. The van der Waals surface area contributed by atoms with Gasteiger partial charge in [0.1, 0.15) is 0 Å². The van der Waals surface area contributed by atoms with E-state index in [0.29, 0.717) is 11.4 Å². The van der Waals surface area contributed by atoms with Gasteiger partial charge in [-0.15, -0.1) is 0 Å². The first-order chi connectivity index (χ1) is 6.15. The van der Waals surface area contributed by atoms with Gasteiger partial charge in [0.25, 0.3) is 0 Å². The number of rotatable bonds is 3. The minimum atomic E-state index is -0.143. The van der Waals surface area contributed by atoms with Crippen LogP contribution in [0.5, 0.6) is 0 Å². The summed E-state index contributed by atoms with van der Waals surface area (Å²) in [5.74, 6) is 0. The number of aliphatic hydroxyl groups is 1. The molecule has 1 unspecified atom stereocenters. The van der Waals surface area contributed by atoms with Crippen molar-refractivity contribution in [3.8, 4) is 0 Å². The van der Waals surface area contributed by atoms with Gasteiger partial charge in [0.2, 0.25) is 0 Å². The predicted octanol–water partition coefficient (Wildman–Crippen LogP) is 2.48. The molecule has 3 N–H and O–H groups in total. The third-order valence-electron chi connectivity index (χ3n) is 1.81. The van der Waals surface area contributed by atoms with Crippen molar-refractivity contribution in [3.05, 3.63) is 33.3 Å². The van der Waals surface area contributed by atoms with E-state index in [1.54, 1.807) is 0 Å². The van der Waals surface area contributed by atoms with Crippen molar-refractivity contribution < 1.29 is 5.11 Å². The summed E-state index contributed by atoms with van der Waals surface area (Å²) < 4.78 is 0.856. The van der Waals surface area contributed by atoms with E-state index in [2.05, 4.69) is 15.9 Å². The fourth-order valence-electron chi connectivity index (χ4n) is 1.05. The maximum atomic E-state index is 8.70. The molecule has 0 saturated carbocycles. The van der Waals surface area contributed by atoms with Crippen molar-refractivity contribution >= 4 is 27.5 Å². The summed E-state index contributed by atoms with van der Waals surface area (Å²) in [5, 5.41) is 9.34. The van der Waals surface area contributed by atoms with Crippen LogP contribution in [0.25, 0.3) is 0 Å². The Hall–Kier alpha value is -0.0900. The molecule has 2 nitrogen and oxygen atoms in total. The molecule has 0 aliphatic rings. The van der Waals surface area contributed by atoms with E-state index in [0.717, 1.165) is 10.0 Å². The maximum Gasteiger partial charge on any atom is 0.0551 e. The molecule has 0 saturated heterocycles. The Morgan fingerprint density at radius 1 is 1.54 bits per heavy atom. The smallest absolute Gasteiger partial charge is 0.0551 e. The third kappa shape index (κ3) is 2.95. The maximum absolute atomic E-state index is 8.70. The van der Waals surface area contributed by atoms with Crippen LogP contribution in [0.15, 0.2) is 22.7 Å². The fraction of sp³-hybridized carbons (Fsp3) is 0.333. The number of nitrogens with two attached hydrogens (primary N) is 1. The molecule has 72 valence electrons. The van der Waals surface area contributed by atoms with Crippen LogP contribution in [0, 0.1) is 0 Å². The summed E-state index contributed by atoms with van der Waals surface area (Å²) in [7, 11) is 0. The van der Waals surface area contributed by atoms with E-state index in [-0.39, 0.29) is 12.6 Å². The van der Waals surface area contributed by atoms with Crippen molar-refractivity contribution in [2.75, 3.05) is 6.61 Å². The Balaban J connectivity index is 2.84. The normalized spacial score (nSPS) is 12.9. The topological polar surface area (TPSA) is 46.2 Å². The molecule has 0 fully saturated rings. The van der Waals surface area contributed by atoms with E-state index in [1.165, 1.54) is 0 Å². The molecule has 0 aromatic heterocycles. The number of hydrogen-bond acceptors (Lipinski definition) is 2. The Labute approximate surface area is 90.8 Å². The molecule has 0 radical (unpaired) electrons. The van der Waals surface area contributed by atoms with Crippen molar-refractivity contribution in [3.63, 3.8) is 0 Å². The fourth-order valence-corrected chi connectivity index (χ4v) is 1.48. The van der Waals surface area contributed by atoms with Gasteiger partial charge in [-0.1, -0.05) is 17.7 Å². The van der Waals surface area contributed by atoms with E-state index < -0.39 is 0 Å².